The van der Waals surface area contributed by atoms with Gasteiger partial charge in [-0.15, -0.1) is 0 Å². The molecule has 0 amide bonds. The number of nitrogen functional groups attached to an aromatic ring is 1. The molecule has 0 atom stereocenters. The molecule has 0 fully saturated rings. The number of rotatable bonds is 8. The number of halogens is 2. The van der Waals surface area contributed by atoms with Gasteiger partial charge in [0, 0.05) is 24.7 Å². The molecule has 3 N–H and O–H groups in total. The molecule has 0 saturated carbocycles. The Bertz CT molecular complexity index is 1130. The van der Waals surface area contributed by atoms with E-state index < -0.39 is 11.2 Å². The molecule has 1 aromatic heterocycles. The van der Waals surface area contributed by atoms with E-state index in [-0.39, 0.29) is 30.4 Å². The first-order chi connectivity index (χ1) is 14.4. The largest absolute Gasteiger partial charge is 0.383 e. The van der Waals surface area contributed by atoms with Gasteiger partial charge in [-0.3, -0.25) is 14.3 Å². The smallest absolute Gasteiger partial charge is 0.330 e. The Morgan fingerprint density at radius 3 is 2.60 bits per heavy atom. The summed E-state index contributed by atoms with van der Waals surface area (Å²) in [7, 11) is 1.55. The van der Waals surface area contributed by atoms with Crippen molar-refractivity contribution in [3.05, 3.63) is 90.8 Å². The molecule has 0 aliphatic heterocycles. The normalized spacial score (nSPS) is 10.9. The first-order valence-corrected chi connectivity index (χ1v) is 10.0. The van der Waals surface area contributed by atoms with Crippen LogP contribution in [0.1, 0.15) is 11.1 Å². The van der Waals surface area contributed by atoms with Gasteiger partial charge in [-0.1, -0.05) is 52.3 Å². The van der Waals surface area contributed by atoms with Crippen LogP contribution in [-0.4, -0.2) is 29.8 Å². The van der Waals surface area contributed by atoms with E-state index >= 15 is 0 Å². The van der Waals surface area contributed by atoms with Gasteiger partial charge in [-0.2, -0.15) is 0 Å². The zero-order chi connectivity index (χ0) is 21.7. The van der Waals surface area contributed by atoms with E-state index in [4.69, 9.17) is 10.5 Å². The van der Waals surface area contributed by atoms with Gasteiger partial charge in [0.1, 0.15) is 17.3 Å². The Hall–Kier alpha value is -2.91. The van der Waals surface area contributed by atoms with E-state index in [0.717, 1.165) is 11.1 Å². The van der Waals surface area contributed by atoms with Crippen molar-refractivity contribution in [2.45, 2.75) is 13.1 Å². The summed E-state index contributed by atoms with van der Waals surface area (Å²) in [6.07, 6.45) is 0. The van der Waals surface area contributed by atoms with Crippen molar-refractivity contribution >= 4 is 27.4 Å². The average molecular weight is 477 g/mol. The minimum atomic E-state index is -0.587. The number of hydrogen-bond donors (Lipinski definition) is 2. The van der Waals surface area contributed by atoms with Crippen LogP contribution in [0.15, 0.2) is 62.6 Å². The number of nitrogens with one attached hydrogen (secondary N) is 1. The highest BCUT2D eigenvalue weighted by Gasteiger charge is 2.20. The summed E-state index contributed by atoms with van der Waals surface area (Å²) in [5, 5.41) is 0. The summed E-state index contributed by atoms with van der Waals surface area (Å²) in [6.45, 7) is 1.15. The summed E-state index contributed by atoms with van der Waals surface area (Å²) in [5.74, 6) is -0.315. The molecule has 158 valence electrons. The molecule has 7 nitrogen and oxygen atoms in total. The fourth-order valence-corrected chi connectivity index (χ4v) is 3.61. The summed E-state index contributed by atoms with van der Waals surface area (Å²) in [5.41, 5.74) is 6.93. The first-order valence-electron chi connectivity index (χ1n) is 9.25. The Morgan fingerprint density at radius 1 is 1.20 bits per heavy atom. The molecule has 0 unspecified atom stereocenters. The van der Waals surface area contributed by atoms with Gasteiger partial charge in [-0.25, -0.2) is 9.18 Å². The highest BCUT2D eigenvalue weighted by atomic mass is 79.9. The topological polar surface area (TPSA) is 93.3 Å². The second-order valence-electron chi connectivity index (χ2n) is 6.71. The second kappa shape index (κ2) is 9.73. The number of aromatic amines is 1. The summed E-state index contributed by atoms with van der Waals surface area (Å²) >= 11 is 3.35. The van der Waals surface area contributed by atoms with E-state index in [1.807, 2.05) is 30.3 Å². The standard InChI is InChI=1S/C21H22BrFN4O3/c1-30-10-9-26(13-15-7-8-16(23)11-17(15)22)18-19(24)27(21(29)25-20(18)28)12-14-5-3-2-4-6-14/h2-8,11H,9-10,12-13,24H2,1H3,(H,25,28,29). The lowest BCUT2D eigenvalue weighted by atomic mass is 10.2. The van der Waals surface area contributed by atoms with Crippen LogP contribution in [-0.2, 0) is 17.8 Å². The van der Waals surface area contributed by atoms with Crippen LogP contribution in [0.25, 0.3) is 0 Å². The Labute approximate surface area is 181 Å². The number of methoxy groups -OCH3 is 1. The summed E-state index contributed by atoms with van der Waals surface area (Å²) < 4.78 is 20.5. The number of nitrogens with zero attached hydrogens (tertiary/aromatic N) is 2. The maximum atomic E-state index is 13.5. The van der Waals surface area contributed by atoms with Gasteiger partial charge in [0.05, 0.1) is 13.2 Å². The lowest BCUT2D eigenvalue weighted by Gasteiger charge is -2.26. The Morgan fingerprint density at radius 2 is 1.93 bits per heavy atom. The molecule has 3 aromatic rings. The third kappa shape index (κ3) is 4.98. The van der Waals surface area contributed by atoms with Crippen LogP contribution in [0, 0.1) is 5.82 Å². The van der Waals surface area contributed by atoms with Gasteiger partial charge in [-0.05, 0) is 23.3 Å². The molecule has 9 heteroatoms. The maximum Gasteiger partial charge on any atom is 0.330 e. The predicted molar refractivity (Wildman–Crippen MR) is 118 cm³/mol. The lowest BCUT2D eigenvalue weighted by molar-refractivity contribution is 0.205. The van der Waals surface area contributed by atoms with Crippen LogP contribution in [0.5, 0.6) is 0 Å². The number of aromatic nitrogens is 2. The molecule has 0 spiro atoms. The number of benzene rings is 2. The summed E-state index contributed by atoms with van der Waals surface area (Å²) in [6, 6.07) is 13.7. The number of nitrogens with two attached hydrogens (primary N) is 1. The van der Waals surface area contributed by atoms with E-state index in [9.17, 15) is 14.0 Å². The Balaban J connectivity index is 2.05. The zero-order valence-electron chi connectivity index (χ0n) is 16.4. The Kier molecular flexibility index (Phi) is 7.07. The van der Waals surface area contributed by atoms with Gasteiger partial charge in [0.15, 0.2) is 0 Å². The minimum Gasteiger partial charge on any atom is -0.383 e. The molecular formula is C21H22BrFN4O3. The number of H-pyrrole nitrogens is 1. The summed E-state index contributed by atoms with van der Waals surface area (Å²) in [4.78, 5) is 29.2. The molecule has 30 heavy (non-hydrogen) atoms. The van der Waals surface area contributed by atoms with Crippen molar-refractivity contribution in [1.82, 2.24) is 9.55 Å². The van der Waals surface area contributed by atoms with Crippen LogP contribution in [0.3, 0.4) is 0 Å². The molecule has 0 bridgehead atoms. The van der Waals surface area contributed by atoms with Gasteiger partial charge in [0.25, 0.3) is 5.56 Å². The molecule has 0 aliphatic rings. The first kappa shape index (κ1) is 21.8. The molecule has 1 heterocycles. The molecule has 3 rings (SSSR count). The van der Waals surface area contributed by atoms with E-state index in [0.29, 0.717) is 17.6 Å². The van der Waals surface area contributed by atoms with Crippen molar-refractivity contribution in [2.24, 2.45) is 0 Å². The highest BCUT2D eigenvalue weighted by molar-refractivity contribution is 9.10. The van der Waals surface area contributed by atoms with Gasteiger partial charge >= 0.3 is 5.69 Å². The quantitative estimate of drug-likeness (QED) is 0.521. The fraction of sp³-hybridized carbons (Fsp3) is 0.238. The number of hydrogen-bond acceptors (Lipinski definition) is 5. The van der Waals surface area contributed by atoms with Crippen molar-refractivity contribution in [2.75, 3.05) is 30.9 Å². The average Bonchev–Trinajstić information content (AvgIpc) is 2.71. The number of ether oxygens (including phenoxy) is 1. The van der Waals surface area contributed by atoms with Crippen LogP contribution in [0.4, 0.5) is 15.9 Å². The van der Waals surface area contributed by atoms with Crippen molar-refractivity contribution in [3.63, 3.8) is 0 Å². The van der Waals surface area contributed by atoms with E-state index in [1.54, 1.807) is 18.1 Å². The monoisotopic (exact) mass is 476 g/mol. The van der Waals surface area contributed by atoms with Gasteiger partial charge in [0.2, 0.25) is 0 Å². The molecule has 0 saturated heterocycles. The van der Waals surface area contributed by atoms with Crippen LogP contribution in [0.2, 0.25) is 0 Å². The third-order valence-electron chi connectivity index (χ3n) is 4.66. The SMILES string of the molecule is COCCN(Cc1ccc(F)cc1Br)c1c(N)n(Cc2ccccc2)c(=O)[nH]c1=O. The minimum absolute atomic E-state index is 0.0574. The highest BCUT2D eigenvalue weighted by Crippen LogP contribution is 2.24. The molecule has 0 aliphatic carbocycles. The van der Waals surface area contributed by atoms with Gasteiger partial charge < -0.3 is 15.4 Å². The fourth-order valence-electron chi connectivity index (χ4n) is 3.13. The van der Waals surface area contributed by atoms with Crippen molar-refractivity contribution < 1.29 is 9.13 Å². The van der Waals surface area contributed by atoms with Crippen molar-refractivity contribution in [1.29, 1.82) is 0 Å². The van der Waals surface area contributed by atoms with Crippen LogP contribution >= 0.6 is 15.9 Å². The molecular weight excluding hydrogens is 455 g/mol. The number of anilines is 2. The lowest BCUT2D eigenvalue weighted by Crippen LogP contribution is -2.39. The molecule has 2 aromatic carbocycles. The predicted octanol–water partition coefficient (Wildman–Crippen LogP) is 2.72. The van der Waals surface area contributed by atoms with E-state index in [1.165, 1.54) is 16.7 Å². The van der Waals surface area contributed by atoms with E-state index in [2.05, 4.69) is 20.9 Å². The second-order valence-corrected chi connectivity index (χ2v) is 7.57. The zero-order valence-corrected chi connectivity index (χ0v) is 18.0. The van der Waals surface area contributed by atoms with Crippen LogP contribution < -0.4 is 21.9 Å². The third-order valence-corrected chi connectivity index (χ3v) is 5.39. The molecule has 0 radical (unpaired) electrons. The maximum absolute atomic E-state index is 13.5. The van der Waals surface area contributed by atoms with Crippen molar-refractivity contribution in [3.8, 4) is 0 Å².